The van der Waals surface area contributed by atoms with Crippen molar-refractivity contribution in [2.75, 3.05) is 12.0 Å². The van der Waals surface area contributed by atoms with Gasteiger partial charge < -0.3 is 4.74 Å². The standard InChI is InChI=1S/C17H19FN2O/c1-2-3-11-21-17-12-14(9-10-16(17)18)13-19-20-15-7-5-4-6-8-15/h4-10,12-13,20H,2-3,11H2,1H3. The fourth-order valence-electron chi connectivity index (χ4n) is 1.73. The van der Waals surface area contributed by atoms with E-state index in [2.05, 4.69) is 17.5 Å². The number of unbranched alkanes of at least 4 members (excludes halogenated alkanes) is 1. The van der Waals surface area contributed by atoms with Gasteiger partial charge in [-0.3, -0.25) is 5.43 Å². The summed E-state index contributed by atoms with van der Waals surface area (Å²) in [6, 6.07) is 14.3. The molecule has 0 bridgehead atoms. The SMILES string of the molecule is CCCCOc1cc(C=NNc2ccccc2)ccc1F. The van der Waals surface area contributed by atoms with Crippen molar-refractivity contribution in [1.82, 2.24) is 0 Å². The van der Waals surface area contributed by atoms with E-state index in [1.165, 1.54) is 6.07 Å². The predicted octanol–water partition coefficient (Wildman–Crippen LogP) is 4.45. The van der Waals surface area contributed by atoms with Crippen LogP contribution >= 0.6 is 0 Å². The largest absolute Gasteiger partial charge is 0.490 e. The van der Waals surface area contributed by atoms with Crippen LogP contribution in [0.25, 0.3) is 0 Å². The Balaban J connectivity index is 1.98. The van der Waals surface area contributed by atoms with E-state index in [1.54, 1.807) is 18.3 Å². The number of halogens is 1. The van der Waals surface area contributed by atoms with Crippen molar-refractivity contribution in [2.45, 2.75) is 19.8 Å². The molecule has 1 N–H and O–H groups in total. The Bertz CT molecular complexity index is 585. The number of nitrogens with zero attached hydrogens (tertiary/aromatic N) is 1. The van der Waals surface area contributed by atoms with E-state index in [-0.39, 0.29) is 11.6 Å². The van der Waals surface area contributed by atoms with Crippen LogP contribution in [0.1, 0.15) is 25.3 Å². The minimum absolute atomic E-state index is 0.270. The molecule has 0 spiro atoms. The van der Waals surface area contributed by atoms with Gasteiger partial charge in [0.1, 0.15) is 0 Å². The fourth-order valence-corrected chi connectivity index (χ4v) is 1.73. The molecule has 0 heterocycles. The van der Waals surface area contributed by atoms with E-state index in [4.69, 9.17) is 4.74 Å². The van der Waals surface area contributed by atoms with Crippen LogP contribution in [-0.2, 0) is 0 Å². The fraction of sp³-hybridized carbons (Fsp3) is 0.235. The molecule has 0 saturated carbocycles. The summed E-state index contributed by atoms with van der Waals surface area (Å²) >= 11 is 0. The number of rotatable bonds is 7. The lowest BCUT2D eigenvalue weighted by Crippen LogP contribution is -1.99. The van der Waals surface area contributed by atoms with Crippen molar-refractivity contribution in [1.29, 1.82) is 0 Å². The Morgan fingerprint density at radius 1 is 1.19 bits per heavy atom. The average molecular weight is 286 g/mol. The zero-order valence-corrected chi connectivity index (χ0v) is 12.1. The average Bonchev–Trinajstić information content (AvgIpc) is 2.51. The second-order valence-corrected chi connectivity index (χ2v) is 4.63. The van der Waals surface area contributed by atoms with Crippen LogP contribution < -0.4 is 10.2 Å². The zero-order chi connectivity index (χ0) is 14.9. The molecule has 110 valence electrons. The number of anilines is 1. The maximum Gasteiger partial charge on any atom is 0.165 e. The van der Waals surface area contributed by atoms with Crippen molar-refractivity contribution in [3.8, 4) is 5.75 Å². The Morgan fingerprint density at radius 3 is 2.76 bits per heavy atom. The maximum absolute atomic E-state index is 13.6. The number of para-hydroxylation sites is 1. The molecule has 2 aromatic rings. The topological polar surface area (TPSA) is 33.6 Å². The van der Waals surface area contributed by atoms with Crippen LogP contribution in [0.3, 0.4) is 0 Å². The first-order valence-corrected chi connectivity index (χ1v) is 7.06. The van der Waals surface area contributed by atoms with Gasteiger partial charge in [-0.1, -0.05) is 37.6 Å². The normalized spacial score (nSPS) is 10.8. The summed E-state index contributed by atoms with van der Waals surface area (Å²) in [6.45, 7) is 2.59. The lowest BCUT2D eigenvalue weighted by Gasteiger charge is -2.07. The summed E-state index contributed by atoms with van der Waals surface area (Å²) < 4.78 is 19.0. The first-order valence-electron chi connectivity index (χ1n) is 7.06. The van der Waals surface area contributed by atoms with Gasteiger partial charge in [0.15, 0.2) is 11.6 Å². The molecular weight excluding hydrogens is 267 g/mol. The summed E-state index contributed by atoms with van der Waals surface area (Å²) in [5, 5.41) is 4.13. The molecule has 0 aliphatic heterocycles. The van der Waals surface area contributed by atoms with Crippen LogP contribution in [0, 0.1) is 5.82 Å². The number of hydrazone groups is 1. The smallest absolute Gasteiger partial charge is 0.165 e. The summed E-state index contributed by atoms with van der Waals surface area (Å²) in [4.78, 5) is 0. The minimum atomic E-state index is -0.348. The molecule has 4 heteroatoms. The van der Waals surface area contributed by atoms with E-state index in [1.807, 2.05) is 30.3 Å². The number of benzene rings is 2. The van der Waals surface area contributed by atoms with Crippen molar-refractivity contribution < 1.29 is 9.13 Å². The van der Waals surface area contributed by atoms with Gasteiger partial charge in [-0.05, 0) is 36.2 Å². The molecule has 3 nitrogen and oxygen atoms in total. The summed E-state index contributed by atoms with van der Waals surface area (Å²) in [5.74, 6) is -0.0774. The van der Waals surface area contributed by atoms with Gasteiger partial charge in [-0.15, -0.1) is 0 Å². The highest BCUT2D eigenvalue weighted by atomic mass is 19.1. The molecule has 2 rings (SSSR count). The second-order valence-electron chi connectivity index (χ2n) is 4.63. The molecule has 0 amide bonds. The molecule has 0 radical (unpaired) electrons. The van der Waals surface area contributed by atoms with Crippen LogP contribution in [0.2, 0.25) is 0 Å². The summed E-state index contributed by atoms with van der Waals surface area (Å²) in [5.41, 5.74) is 4.60. The highest BCUT2D eigenvalue weighted by molar-refractivity contribution is 5.80. The van der Waals surface area contributed by atoms with Crippen molar-refractivity contribution in [2.24, 2.45) is 5.10 Å². The molecule has 0 aromatic heterocycles. The third kappa shape index (κ3) is 4.91. The van der Waals surface area contributed by atoms with Crippen LogP contribution in [-0.4, -0.2) is 12.8 Å². The monoisotopic (exact) mass is 286 g/mol. The molecule has 0 aliphatic rings. The molecule has 0 fully saturated rings. The third-order valence-electron chi connectivity index (χ3n) is 2.89. The Kier molecular flexibility index (Phi) is 5.76. The molecule has 0 atom stereocenters. The number of ether oxygens (including phenoxy) is 1. The van der Waals surface area contributed by atoms with Crippen molar-refractivity contribution in [3.05, 3.63) is 59.9 Å². The van der Waals surface area contributed by atoms with E-state index in [9.17, 15) is 4.39 Å². The zero-order valence-electron chi connectivity index (χ0n) is 12.1. The highest BCUT2D eigenvalue weighted by Crippen LogP contribution is 2.18. The molecule has 0 unspecified atom stereocenters. The van der Waals surface area contributed by atoms with E-state index < -0.39 is 0 Å². The van der Waals surface area contributed by atoms with Crippen LogP contribution in [0.4, 0.5) is 10.1 Å². The molecule has 0 aliphatic carbocycles. The molecular formula is C17H19FN2O. The first-order chi connectivity index (χ1) is 10.3. The lowest BCUT2D eigenvalue weighted by atomic mass is 10.2. The first kappa shape index (κ1) is 15.0. The Hall–Kier alpha value is -2.36. The lowest BCUT2D eigenvalue weighted by molar-refractivity contribution is 0.294. The van der Waals surface area contributed by atoms with Crippen molar-refractivity contribution in [3.63, 3.8) is 0 Å². The van der Waals surface area contributed by atoms with Gasteiger partial charge >= 0.3 is 0 Å². The van der Waals surface area contributed by atoms with Gasteiger partial charge in [-0.2, -0.15) is 5.10 Å². The quantitative estimate of drug-likeness (QED) is 0.463. The molecule has 21 heavy (non-hydrogen) atoms. The van der Waals surface area contributed by atoms with Crippen LogP contribution in [0.5, 0.6) is 5.75 Å². The summed E-state index contributed by atoms with van der Waals surface area (Å²) in [6.07, 6.45) is 3.57. The predicted molar refractivity (Wildman–Crippen MR) is 84.5 cm³/mol. The summed E-state index contributed by atoms with van der Waals surface area (Å²) in [7, 11) is 0. The maximum atomic E-state index is 13.6. The van der Waals surface area contributed by atoms with Gasteiger partial charge in [0.05, 0.1) is 18.5 Å². The molecule has 2 aromatic carbocycles. The number of hydrogen-bond donors (Lipinski definition) is 1. The van der Waals surface area contributed by atoms with Gasteiger partial charge in [0, 0.05) is 0 Å². The number of hydrogen-bond acceptors (Lipinski definition) is 3. The van der Waals surface area contributed by atoms with Crippen molar-refractivity contribution >= 4 is 11.9 Å². The third-order valence-corrected chi connectivity index (χ3v) is 2.89. The highest BCUT2D eigenvalue weighted by Gasteiger charge is 2.03. The van der Waals surface area contributed by atoms with Crippen LogP contribution in [0.15, 0.2) is 53.6 Å². The second kappa shape index (κ2) is 8.04. The van der Waals surface area contributed by atoms with E-state index >= 15 is 0 Å². The number of nitrogens with one attached hydrogen (secondary N) is 1. The van der Waals surface area contributed by atoms with Gasteiger partial charge in [0.25, 0.3) is 0 Å². The molecule has 0 saturated heterocycles. The van der Waals surface area contributed by atoms with Gasteiger partial charge in [0.2, 0.25) is 0 Å². The van der Waals surface area contributed by atoms with E-state index in [0.717, 1.165) is 24.1 Å². The van der Waals surface area contributed by atoms with E-state index in [0.29, 0.717) is 6.61 Å². The Labute approximate surface area is 124 Å². The van der Waals surface area contributed by atoms with Gasteiger partial charge in [-0.25, -0.2) is 4.39 Å². The minimum Gasteiger partial charge on any atom is -0.490 e. The Morgan fingerprint density at radius 2 is 2.00 bits per heavy atom.